The molecule has 1 aliphatic rings. The number of imide groups is 1. The maximum absolute atomic E-state index is 13.7. The van der Waals surface area contributed by atoms with Gasteiger partial charge < -0.3 is 0 Å². The summed E-state index contributed by atoms with van der Waals surface area (Å²) in [4.78, 5) is 53.6. The molecule has 0 fully saturated rings. The topological polar surface area (TPSA) is 74.8 Å². The lowest BCUT2D eigenvalue weighted by atomic mass is 10.0. The first-order valence-electron chi connectivity index (χ1n) is 10.3. The highest BCUT2D eigenvalue weighted by Crippen LogP contribution is 2.29. The largest absolute Gasteiger partial charge is 0.292 e. The summed E-state index contributed by atoms with van der Waals surface area (Å²) in [5.74, 6) is -3.44. The molecule has 3 aromatic rings. The van der Waals surface area contributed by atoms with Crippen molar-refractivity contribution >= 4 is 46.7 Å². The van der Waals surface area contributed by atoms with Crippen LogP contribution in [0, 0.1) is 5.82 Å². The van der Waals surface area contributed by atoms with Crippen LogP contribution in [0.2, 0.25) is 5.02 Å². The van der Waals surface area contributed by atoms with Gasteiger partial charge in [-0.3, -0.25) is 19.2 Å². The summed E-state index contributed by atoms with van der Waals surface area (Å²) in [6.45, 7) is 0. The van der Waals surface area contributed by atoms with Crippen LogP contribution in [0.3, 0.4) is 0 Å². The van der Waals surface area contributed by atoms with E-state index in [2.05, 4.69) is 0 Å². The highest BCUT2D eigenvalue weighted by atomic mass is 35.5. The van der Waals surface area contributed by atoms with Crippen molar-refractivity contribution in [1.82, 2.24) is 10.0 Å². The van der Waals surface area contributed by atoms with Gasteiger partial charge in [-0.05, 0) is 67.1 Å². The van der Waals surface area contributed by atoms with E-state index >= 15 is 0 Å². The van der Waals surface area contributed by atoms with Gasteiger partial charge in [-0.2, -0.15) is 5.01 Å². The van der Waals surface area contributed by atoms with Crippen molar-refractivity contribution in [3.8, 4) is 0 Å². The summed E-state index contributed by atoms with van der Waals surface area (Å²) in [7, 11) is 0. The monoisotopic (exact) mass is 498 g/mol. The van der Waals surface area contributed by atoms with E-state index in [0.717, 1.165) is 17.1 Å². The number of halogens is 3. The standard InChI is InChI=1S/C25H17Cl2FN2O4/c26-14-13-21(22(31)15-7-11-18(28)12-8-15)29(23(32)16-5-9-17(27)10-6-16)30-24(33)19-3-1-2-4-20(19)25(30)34/h1-12,21H,13-14H2/t21-/m1/s1. The van der Waals surface area contributed by atoms with Gasteiger partial charge in [0.2, 0.25) is 0 Å². The van der Waals surface area contributed by atoms with Gasteiger partial charge in [-0.25, -0.2) is 9.40 Å². The second-order valence-electron chi connectivity index (χ2n) is 7.49. The third kappa shape index (κ3) is 4.32. The van der Waals surface area contributed by atoms with E-state index in [1.807, 2.05) is 0 Å². The smallest absolute Gasteiger partial charge is 0.280 e. The van der Waals surface area contributed by atoms with E-state index in [0.29, 0.717) is 10.0 Å². The number of hydrogen-bond acceptors (Lipinski definition) is 4. The summed E-state index contributed by atoms with van der Waals surface area (Å²) in [5.41, 5.74) is 0.426. The van der Waals surface area contributed by atoms with E-state index in [-0.39, 0.29) is 34.6 Å². The molecule has 1 aliphatic heterocycles. The number of fused-ring (bicyclic) bond motifs is 1. The van der Waals surface area contributed by atoms with Crippen molar-refractivity contribution in [3.63, 3.8) is 0 Å². The highest BCUT2D eigenvalue weighted by molar-refractivity contribution is 6.30. The zero-order chi connectivity index (χ0) is 24.4. The van der Waals surface area contributed by atoms with E-state index < -0.39 is 35.4 Å². The van der Waals surface area contributed by atoms with Crippen LogP contribution < -0.4 is 0 Å². The second-order valence-corrected chi connectivity index (χ2v) is 8.30. The average molecular weight is 499 g/mol. The molecule has 9 heteroatoms. The lowest BCUT2D eigenvalue weighted by molar-refractivity contribution is -0.00961. The molecule has 0 aromatic heterocycles. The molecule has 0 unspecified atom stereocenters. The van der Waals surface area contributed by atoms with Crippen LogP contribution in [0.1, 0.15) is 47.9 Å². The molecule has 0 N–H and O–H groups in total. The Balaban J connectivity index is 1.84. The number of hydrazine groups is 1. The first-order chi connectivity index (χ1) is 16.3. The minimum atomic E-state index is -1.31. The summed E-state index contributed by atoms with van der Waals surface area (Å²) in [6.07, 6.45) is -0.0650. The van der Waals surface area contributed by atoms with Crippen LogP contribution in [0.5, 0.6) is 0 Å². The average Bonchev–Trinajstić information content (AvgIpc) is 3.09. The molecule has 0 saturated carbocycles. The molecule has 3 aromatic carbocycles. The molecule has 1 heterocycles. The first-order valence-corrected chi connectivity index (χ1v) is 11.2. The predicted molar refractivity (Wildman–Crippen MR) is 124 cm³/mol. The predicted octanol–water partition coefficient (Wildman–Crippen LogP) is 5.01. The van der Waals surface area contributed by atoms with Crippen molar-refractivity contribution in [1.29, 1.82) is 0 Å². The third-order valence-electron chi connectivity index (χ3n) is 5.40. The number of carbonyl (C=O) groups is 4. The SMILES string of the molecule is O=C(c1ccc(F)cc1)[C@@H](CCCl)N(C(=O)c1ccc(Cl)cc1)N1C(=O)c2ccccc2C1=O. The third-order valence-corrected chi connectivity index (χ3v) is 5.87. The van der Waals surface area contributed by atoms with E-state index in [1.165, 1.54) is 48.5 Å². The number of nitrogens with zero attached hydrogens (tertiary/aromatic N) is 2. The van der Waals surface area contributed by atoms with Crippen molar-refractivity contribution in [3.05, 3.63) is 106 Å². The molecule has 0 aliphatic carbocycles. The molecule has 0 spiro atoms. The number of alkyl halides is 1. The quantitative estimate of drug-likeness (QED) is 0.260. The van der Waals surface area contributed by atoms with Crippen LogP contribution in [0.15, 0.2) is 72.8 Å². The van der Waals surface area contributed by atoms with Gasteiger partial charge >= 0.3 is 0 Å². The Morgan fingerprint density at radius 2 is 1.38 bits per heavy atom. The molecule has 34 heavy (non-hydrogen) atoms. The van der Waals surface area contributed by atoms with Crippen molar-refractivity contribution in [2.75, 3.05) is 5.88 Å². The Kier molecular flexibility index (Phi) is 6.77. The molecular weight excluding hydrogens is 482 g/mol. The number of carbonyl (C=O) groups excluding carboxylic acids is 4. The molecule has 172 valence electrons. The highest BCUT2D eigenvalue weighted by Gasteiger charge is 2.46. The Morgan fingerprint density at radius 3 is 1.91 bits per heavy atom. The molecule has 6 nitrogen and oxygen atoms in total. The number of rotatable bonds is 7. The Bertz CT molecular complexity index is 1240. The maximum Gasteiger partial charge on any atom is 0.280 e. The van der Waals surface area contributed by atoms with Crippen LogP contribution in [0.25, 0.3) is 0 Å². The zero-order valence-corrected chi connectivity index (χ0v) is 19.1. The number of hydrogen-bond donors (Lipinski definition) is 0. The van der Waals surface area contributed by atoms with E-state index in [1.54, 1.807) is 12.1 Å². The van der Waals surface area contributed by atoms with Crippen LogP contribution in [-0.4, -0.2) is 45.4 Å². The molecular formula is C25H17Cl2FN2O4. The Morgan fingerprint density at radius 1 is 0.853 bits per heavy atom. The van der Waals surface area contributed by atoms with Gasteiger partial charge in [-0.15, -0.1) is 11.6 Å². The van der Waals surface area contributed by atoms with E-state index in [9.17, 15) is 23.6 Å². The Labute approximate surface area is 204 Å². The fourth-order valence-corrected chi connectivity index (χ4v) is 4.08. The lowest BCUT2D eigenvalue weighted by Crippen LogP contribution is -2.57. The number of amides is 3. The lowest BCUT2D eigenvalue weighted by Gasteiger charge is -2.36. The van der Waals surface area contributed by atoms with Gasteiger partial charge in [0.15, 0.2) is 5.78 Å². The number of Topliss-reactive ketones (excluding diaryl/α,β-unsaturated/α-hetero) is 1. The second kappa shape index (κ2) is 9.75. The maximum atomic E-state index is 13.7. The normalized spacial score (nSPS) is 13.6. The zero-order valence-electron chi connectivity index (χ0n) is 17.6. The first kappa shape index (κ1) is 23.6. The fourth-order valence-electron chi connectivity index (χ4n) is 3.74. The van der Waals surface area contributed by atoms with Gasteiger partial charge in [-0.1, -0.05) is 23.7 Å². The van der Waals surface area contributed by atoms with Gasteiger partial charge in [0, 0.05) is 22.0 Å². The fraction of sp³-hybridized carbons (Fsp3) is 0.120. The van der Waals surface area contributed by atoms with Crippen molar-refractivity contribution in [2.24, 2.45) is 0 Å². The summed E-state index contributed by atoms with van der Waals surface area (Å²) in [6, 6.07) is 15.4. The van der Waals surface area contributed by atoms with Gasteiger partial charge in [0.1, 0.15) is 11.9 Å². The number of benzene rings is 3. The van der Waals surface area contributed by atoms with Crippen LogP contribution in [-0.2, 0) is 0 Å². The van der Waals surface area contributed by atoms with Gasteiger partial charge in [0.05, 0.1) is 11.1 Å². The molecule has 0 bridgehead atoms. The van der Waals surface area contributed by atoms with E-state index in [4.69, 9.17) is 23.2 Å². The molecule has 3 amide bonds. The van der Waals surface area contributed by atoms with Crippen LogP contribution in [0.4, 0.5) is 4.39 Å². The van der Waals surface area contributed by atoms with Crippen molar-refractivity contribution < 1.29 is 23.6 Å². The minimum absolute atomic E-state index is 0.0504. The molecule has 1 atom stereocenters. The number of ketones is 1. The minimum Gasteiger partial charge on any atom is -0.292 e. The van der Waals surface area contributed by atoms with Crippen molar-refractivity contribution in [2.45, 2.75) is 12.5 Å². The summed E-state index contributed by atoms with van der Waals surface area (Å²) >= 11 is 11.9. The molecule has 0 saturated heterocycles. The van der Waals surface area contributed by atoms with Gasteiger partial charge in [0.25, 0.3) is 17.7 Å². The Hall–Kier alpha value is -3.55. The summed E-state index contributed by atoms with van der Waals surface area (Å²) < 4.78 is 13.4. The molecule has 4 rings (SSSR count). The molecule has 0 radical (unpaired) electrons. The van der Waals surface area contributed by atoms with Crippen LogP contribution >= 0.6 is 23.2 Å². The summed E-state index contributed by atoms with van der Waals surface area (Å²) in [5, 5.41) is 1.91.